The summed E-state index contributed by atoms with van der Waals surface area (Å²) in [6, 6.07) is 0. The first-order valence-corrected chi connectivity index (χ1v) is 7.53. The number of thioether (sulfide) groups is 1. The molecule has 1 N–H and O–H groups in total. The number of hydrogen-bond acceptors (Lipinski definition) is 5. The van der Waals surface area contributed by atoms with Gasteiger partial charge in [0.25, 0.3) is 0 Å². The molecule has 1 aromatic rings. The van der Waals surface area contributed by atoms with E-state index in [1.54, 1.807) is 0 Å². The monoisotopic (exact) mass is 255 g/mol. The van der Waals surface area contributed by atoms with Gasteiger partial charge < -0.3 is 5.32 Å². The van der Waals surface area contributed by atoms with Crippen LogP contribution < -0.4 is 5.32 Å². The van der Waals surface area contributed by atoms with E-state index in [0.29, 0.717) is 4.75 Å². The molecule has 0 aliphatic heterocycles. The maximum Gasteiger partial charge on any atom is 0.165 e. The molecule has 17 heavy (non-hydrogen) atoms. The van der Waals surface area contributed by atoms with E-state index in [2.05, 4.69) is 34.0 Å². The van der Waals surface area contributed by atoms with Crippen LogP contribution >= 0.6 is 11.8 Å². The standard InChI is InChI=1S/C11H21N5S/c1-3-7-12-8-10-13-14-15-16(10)9-11(17-2)5-4-6-11/h12H,3-9H2,1-2H3. The van der Waals surface area contributed by atoms with Gasteiger partial charge in [-0.1, -0.05) is 13.3 Å². The molecular formula is C11H21N5S. The first kappa shape index (κ1) is 12.8. The summed E-state index contributed by atoms with van der Waals surface area (Å²) in [6.07, 6.45) is 7.24. The SMILES string of the molecule is CCCNCc1nnnn1CC1(SC)CCC1. The maximum absolute atomic E-state index is 4.11. The fraction of sp³-hybridized carbons (Fsp3) is 0.909. The van der Waals surface area contributed by atoms with Gasteiger partial charge in [0.15, 0.2) is 5.82 Å². The smallest absolute Gasteiger partial charge is 0.165 e. The van der Waals surface area contributed by atoms with E-state index in [9.17, 15) is 0 Å². The van der Waals surface area contributed by atoms with E-state index in [1.807, 2.05) is 16.4 Å². The van der Waals surface area contributed by atoms with Crippen LogP contribution in [0.2, 0.25) is 0 Å². The normalized spacial score (nSPS) is 18.0. The Morgan fingerprint density at radius 1 is 1.47 bits per heavy atom. The molecule has 0 unspecified atom stereocenters. The lowest BCUT2D eigenvalue weighted by molar-refractivity contribution is 0.302. The summed E-state index contributed by atoms with van der Waals surface area (Å²) in [5.74, 6) is 0.957. The minimum atomic E-state index is 0.384. The van der Waals surface area contributed by atoms with Crippen LogP contribution in [0.4, 0.5) is 0 Å². The molecule has 0 amide bonds. The van der Waals surface area contributed by atoms with Gasteiger partial charge in [0.1, 0.15) is 0 Å². The fourth-order valence-electron chi connectivity index (χ4n) is 2.12. The van der Waals surface area contributed by atoms with Crippen LogP contribution in [-0.2, 0) is 13.1 Å². The highest BCUT2D eigenvalue weighted by Gasteiger charge is 2.37. The Morgan fingerprint density at radius 3 is 2.88 bits per heavy atom. The molecule has 0 aromatic carbocycles. The van der Waals surface area contributed by atoms with Crippen molar-refractivity contribution in [2.24, 2.45) is 0 Å². The van der Waals surface area contributed by atoms with Gasteiger partial charge in [0.2, 0.25) is 0 Å². The summed E-state index contributed by atoms with van der Waals surface area (Å²) in [6.45, 7) is 4.89. The summed E-state index contributed by atoms with van der Waals surface area (Å²) in [4.78, 5) is 0. The van der Waals surface area contributed by atoms with E-state index < -0.39 is 0 Å². The van der Waals surface area contributed by atoms with Crippen LogP contribution in [0.3, 0.4) is 0 Å². The Morgan fingerprint density at radius 2 is 2.29 bits per heavy atom. The molecular weight excluding hydrogens is 234 g/mol. The third-order valence-electron chi connectivity index (χ3n) is 3.45. The number of aromatic nitrogens is 4. The van der Waals surface area contributed by atoms with E-state index in [1.165, 1.54) is 19.3 Å². The van der Waals surface area contributed by atoms with Crippen molar-refractivity contribution in [1.82, 2.24) is 25.5 Å². The highest BCUT2D eigenvalue weighted by atomic mass is 32.2. The number of tetrazole rings is 1. The van der Waals surface area contributed by atoms with Gasteiger partial charge >= 0.3 is 0 Å². The lowest BCUT2D eigenvalue weighted by Crippen LogP contribution is -2.39. The van der Waals surface area contributed by atoms with Crippen molar-refractivity contribution in [3.05, 3.63) is 5.82 Å². The Labute approximate surface area is 107 Å². The van der Waals surface area contributed by atoms with Crippen LogP contribution in [0.5, 0.6) is 0 Å². The molecule has 1 aromatic heterocycles. The maximum atomic E-state index is 4.11. The van der Waals surface area contributed by atoms with Gasteiger partial charge in [-0.15, -0.1) is 5.10 Å². The number of nitrogens with zero attached hydrogens (tertiary/aromatic N) is 4. The van der Waals surface area contributed by atoms with Crippen molar-refractivity contribution in [2.75, 3.05) is 12.8 Å². The molecule has 0 bridgehead atoms. The van der Waals surface area contributed by atoms with Crippen LogP contribution in [0, 0.1) is 0 Å². The Bertz CT molecular complexity index is 342. The third-order valence-corrected chi connectivity index (χ3v) is 4.86. The Kier molecular flexibility index (Phi) is 4.39. The summed E-state index contributed by atoms with van der Waals surface area (Å²) < 4.78 is 2.35. The molecule has 1 aliphatic rings. The average molecular weight is 255 g/mol. The van der Waals surface area contributed by atoms with Crippen molar-refractivity contribution in [1.29, 1.82) is 0 Å². The molecule has 1 fully saturated rings. The summed E-state index contributed by atoms with van der Waals surface area (Å²) in [5.41, 5.74) is 0. The van der Waals surface area contributed by atoms with E-state index >= 15 is 0 Å². The third kappa shape index (κ3) is 2.98. The van der Waals surface area contributed by atoms with Crippen LogP contribution in [0.25, 0.3) is 0 Å². The fourth-order valence-corrected chi connectivity index (χ4v) is 3.07. The molecule has 2 rings (SSSR count). The highest BCUT2D eigenvalue weighted by Crippen LogP contribution is 2.43. The number of rotatable bonds is 7. The van der Waals surface area contributed by atoms with Crippen molar-refractivity contribution in [3.8, 4) is 0 Å². The quantitative estimate of drug-likeness (QED) is 0.748. The zero-order chi connectivity index (χ0) is 12.1. The molecule has 0 spiro atoms. The van der Waals surface area contributed by atoms with Gasteiger partial charge in [0, 0.05) is 4.75 Å². The lowest BCUT2D eigenvalue weighted by Gasteiger charge is -2.40. The van der Waals surface area contributed by atoms with Crippen molar-refractivity contribution >= 4 is 11.8 Å². The van der Waals surface area contributed by atoms with Crippen LogP contribution in [-0.4, -0.2) is 37.8 Å². The average Bonchev–Trinajstić information content (AvgIpc) is 2.71. The second-order valence-electron chi connectivity index (χ2n) is 4.67. The summed E-state index contributed by atoms with van der Waals surface area (Å²) in [7, 11) is 0. The zero-order valence-corrected chi connectivity index (χ0v) is 11.5. The molecule has 5 nitrogen and oxygen atoms in total. The molecule has 96 valence electrons. The summed E-state index contributed by atoms with van der Waals surface area (Å²) >= 11 is 1.96. The minimum absolute atomic E-state index is 0.384. The van der Waals surface area contributed by atoms with Crippen molar-refractivity contribution in [2.45, 2.75) is 50.4 Å². The zero-order valence-electron chi connectivity index (χ0n) is 10.6. The largest absolute Gasteiger partial charge is 0.310 e. The van der Waals surface area contributed by atoms with Gasteiger partial charge in [-0.2, -0.15) is 11.8 Å². The minimum Gasteiger partial charge on any atom is -0.310 e. The second kappa shape index (κ2) is 5.82. The Hall–Kier alpha value is -0.620. The molecule has 1 aliphatic carbocycles. The molecule has 1 heterocycles. The summed E-state index contributed by atoms with van der Waals surface area (Å²) in [5, 5.41) is 15.3. The molecule has 1 saturated carbocycles. The van der Waals surface area contributed by atoms with Gasteiger partial charge in [-0.25, -0.2) is 4.68 Å². The van der Waals surface area contributed by atoms with Crippen LogP contribution in [0.15, 0.2) is 0 Å². The number of hydrogen-bond donors (Lipinski definition) is 1. The molecule has 0 atom stereocenters. The molecule has 0 radical (unpaired) electrons. The van der Waals surface area contributed by atoms with Gasteiger partial charge in [-0.3, -0.25) is 0 Å². The predicted molar refractivity (Wildman–Crippen MR) is 69.9 cm³/mol. The van der Waals surface area contributed by atoms with E-state index in [4.69, 9.17) is 0 Å². The van der Waals surface area contributed by atoms with Crippen LogP contribution in [0.1, 0.15) is 38.4 Å². The lowest BCUT2D eigenvalue weighted by atomic mass is 9.84. The van der Waals surface area contributed by atoms with E-state index in [0.717, 1.165) is 31.9 Å². The molecule has 6 heteroatoms. The Balaban J connectivity index is 1.93. The number of nitrogens with one attached hydrogen (secondary N) is 1. The van der Waals surface area contributed by atoms with Crippen molar-refractivity contribution in [3.63, 3.8) is 0 Å². The van der Waals surface area contributed by atoms with E-state index in [-0.39, 0.29) is 0 Å². The topological polar surface area (TPSA) is 55.6 Å². The second-order valence-corrected chi connectivity index (χ2v) is 5.94. The molecule has 0 saturated heterocycles. The van der Waals surface area contributed by atoms with Gasteiger partial charge in [0.05, 0.1) is 13.1 Å². The van der Waals surface area contributed by atoms with Crippen molar-refractivity contribution < 1.29 is 0 Å². The predicted octanol–water partition coefficient (Wildman–Crippen LogP) is 1.46. The highest BCUT2D eigenvalue weighted by molar-refractivity contribution is 8.00. The first-order chi connectivity index (χ1) is 8.29. The first-order valence-electron chi connectivity index (χ1n) is 6.30. The van der Waals surface area contributed by atoms with Gasteiger partial charge in [-0.05, 0) is 42.5 Å².